The van der Waals surface area contributed by atoms with Gasteiger partial charge in [0.25, 0.3) is 0 Å². The smallest absolute Gasteiger partial charge is 0.193 e. The summed E-state index contributed by atoms with van der Waals surface area (Å²) < 4.78 is 5.27. The Morgan fingerprint density at radius 1 is 1.40 bits per heavy atom. The molecule has 1 aromatic carbocycles. The maximum absolute atomic E-state index is 5.95. The molecule has 5 heteroatoms. The molecule has 2 rings (SSSR count). The van der Waals surface area contributed by atoms with Crippen molar-refractivity contribution in [2.24, 2.45) is 16.6 Å². The van der Waals surface area contributed by atoms with Gasteiger partial charge >= 0.3 is 0 Å². The van der Waals surface area contributed by atoms with Crippen LogP contribution in [0.25, 0.3) is 0 Å². The van der Waals surface area contributed by atoms with E-state index in [0.717, 1.165) is 31.1 Å². The van der Waals surface area contributed by atoms with Crippen molar-refractivity contribution < 1.29 is 4.74 Å². The van der Waals surface area contributed by atoms with Gasteiger partial charge in [-0.1, -0.05) is 12.1 Å². The molecule has 110 valence electrons. The van der Waals surface area contributed by atoms with Crippen molar-refractivity contribution in [1.82, 2.24) is 4.90 Å². The predicted molar refractivity (Wildman–Crippen MR) is 83.3 cm³/mol. The largest absolute Gasteiger partial charge is 0.495 e. The van der Waals surface area contributed by atoms with Crippen LogP contribution in [0.5, 0.6) is 5.75 Å². The number of benzene rings is 1. The van der Waals surface area contributed by atoms with Gasteiger partial charge in [-0.2, -0.15) is 0 Å². The summed E-state index contributed by atoms with van der Waals surface area (Å²) >= 11 is 0. The first-order valence-electron chi connectivity index (χ1n) is 7.07. The van der Waals surface area contributed by atoms with Crippen LogP contribution in [-0.2, 0) is 0 Å². The summed E-state index contributed by atoms with van der Waals surface area (Å²) in [5.74, 6) is 1.86. The molecule has 20 heavy (non-hydrogen) atoms. The molecule has 0 saturated carbocycles. The number of methoxy groups -OCH3 is 1. The monoisotopic (exact) mass is 276 g/mol. The van der Waals surface area contributed by atoms with Crippen LogP contribution in [0.15, 0.2) is 29.3 Å². The Balaban J connectivity index is 1.87. The molecule has 0 radical (unpaired) electrons. The van der Waals surface area contributed by atoms with Gasteiger partial charge in [0.15, 0.2) is 5.96 Å². The third-order valence-electron chi connectivity index (χ3n) is 3.73. The van der Waals surface area contributed by atoms with E-state index in [1.165, 1.54) is 12.8 Å². The minimum absolute atomic E-state index is 0.452. The molecule has 1 heterocycles. The van der Waals surface area contributed by atoms with Gasteiger partial charge in [-0.15, -0.1) is 0 Å². The van der Waals surface area contributed by atoms with E-state index in [9.17, 15) is 0 Å². The highest BCUT2D eigenvalue weighted by atomic mass is 16.5. The summed E-state index contributed by atoms with van der Waals surface area (Å²) in [6.07, 6.45) is 2.39. The maximum atomic E-state index is 5.95. The van der Waals surface area contributed by atoms with Crippen molar-refractivity contribution in [1.29, 1.82) is 0 Å². The number of para-hydroxylation sites is 2. The normalized spacial score (nSPS) is 18.0. The van der Waals surface area contributed by atoms with Crippen molar-refractivity contribution in [3.8, 4) is 5.75 Å². The fourth-order valence-corrected chi connectivity index (χ4v) is 2.40. The van der Waals surface area contributed by atoms with E-state index in [-0.39, 0.29) is 0 Å². The molecule has 3 N–H and O–H groups in total. The Bertz CT molecular complexity index is 453. The van der Waals surface area contributed by atoms with E-state index in [2.05, 4.69) is 22.3 Å². The Morgan fingerprint density at radius 3 is 2.80 bits per heavy atom. The molecule has 1 fully saturated rings. The second-order valence-corrected chi connectivity index (χ2v) is 5.30. The first kappa shape index (κ1) is 14.7. The lowest BCUT2D eigenvalue weighted by Crippen LogP contribution is -2.32. The van der Waals surface area contributed by atoms with E-state index in [1.807, 2.05) is 24.3 Å². The lowest BCUT2D eigenvalue weighted by atomic mass is 9.97. The summed E-state index contributed by atoms with van der Waals surface area (Å²) in [7, 11) is 3.81. The number of hydrogen-bond acceptors (Lipinski definition) is 3. The van der Waals surface area contributed by atoms with Crippen LogP contribution in [0.3, 0.4) is 0 Å². The average molecular weight is 276 g/mol. The summed E-state index contributed by atoms with van der Waals surface area (Å²) in [6, 6.07) is 7.69. The number of aliphatic imine (C=N–C) groups is 1. The summed E-state index contributed by atoms with van der Waals surface area (Å²) in [4.78, 5) is 6.81. The zero-order chi connectivity index (χ0) is 14.4. The van der Waals surface area contributed by atoms with Crippen LogP contribution in [0.4, 0.5) is 5.69 Å². The topological polar surface area (TPSA) is 62.9 Å². The van der Waals surface area contributed by atoms with Crippen LogP contribution >= 0.6 is 0 Å². The fraction of sp³-hybridized carbons (Fsp3) is 0.533. The van der Waals surface area contributed by atoms with Crippen molar-refractivity contribution in [2.75, 3.05) is 39.1 Å². The Kier molecular flexibility index (Phi) is 5.24. The summed E-state index contributed by atoms with van der Waals surface area (Å²) in [5, 5.41) is 3.10. The SMILES string of the molecule is COc1ccccc1NC(N)=NCC1CCN(C)CC1. The number of hydrogen-bond donors (Lipinski definition) is 2. The van der Waals surface area contributed by atoms with Gasteiger partial charge in [0.2, 0.25) is 0 Å². The average Bonchev–Trinajstić information content (AvgIpc) is 2.47. The highest BCUT2D eigenvalue weighted by Crippen LogP contribution is 2.22. The predicted octanol–water partition coefficient (Wildman–Crippen LogP) is 1.76. The number of nitrogens with two attached hydrogens (primary N) is 1. The molecule has 0 aliphatic carbocycles. The van der Waals surface area contributed by atoms with E-state index < -0.39 is 0 Å². The van der Waals surface area contributed by atoms with Gasteiger partial charge in [0, 0.05) is 6.54 Å². The van der Waals surface area contributed by atoms with E-state index >= 15 is 0 Å². The lowest BCUT2D eigenvalue weighted by molar-refractivity contribution is 0.224. The fourth-order valence-electron chi connectivity index (χ4n) is 2.40. The molecule has 1 aliphatic heterocycles. The third kappa shape index (κ3) is 4.13. The van der Waals surface area contributed by atoms with Crippen LogP contribution < -0.4 is 15.8 Å². The number of likely N-dealkylation sites (tertiary alicyclic amines) is 1. The van der Waals surface area contributed by atoms with E-state index in [0.29, 0.717) is 11.9 Å². The molecule has 0 atom stereocenters. The van der Waals surface area contributed by atoms with Crippen molar-refractivity contribution >= 4 is 11.6 Å². The maximum Gasteiger partial charge on any atom is 0.193 e. The van der Waals surface area contributed by atoms with Gasteiger partial charge in [0.1, 0.15) is 5.75 Å². The molecule has 1 aliphatic rings. The minimum Gasteiger partial charge on any atom is -0.495 e. The van der Waals surface area contributed by atoms with Crippen LogP contribution in [-0.4, -0.2) is 44.7 Å². The van der Waals surface area contributed by atoms with Crippen LogP contribution in [0.2, 0.25) is 0 Å². The molecule has 0 aromatic heterocycles. The van der Waals surface area contributed by atoms with Gasteiger partial charge in [0.05, 0.1) is 12.8 Å². The minimum atomic E-state index is 0.452. The molecular weight excluding hydrogens is 252 g/mol. The first-order valence-corrected chi connectivity index (χ1v) is 7.07. The quantitative estimate of drug-likeness (QED) is 0.650. The third-order valence-corrected chi connectivity index (χ3v) is 3.73. The zero-order valence-electron chi connectivity index (χ0n) is 12.3. The standard InChI is InChI=1S/C15H24N4O/c1-19-9-7-12(8-10-19)11-17-15(16)18-13-5-3-4-6-14(13)20-2/h3-6,12H,7-11H2,1-2H3,(H3,16,17,18). The molecule has 1 aromatic rings. The van der Waals surface area contributed by atoms with Gasteiger partial charge in [-0.25, -0.2) is 0 Å². The zero-order valence-corrected chi connectivity index (χ0v) is 12.3. The number of nitrogens with one attached hydrogen (secondary N) is 1. The number of rotatable bonds is 4. The molecule has 5 nitrogen and oxygen atoms in total. The second kappa shape index (κ2) is 7.14. The molecule has 1 saturated heterocycles. The number of piperidine rings is 1. The number of anilines is 1. The highest BCUT2D eigenvalue weighted by Gasteiger charge is 2.16. The van der Waals surface area contributed by atoms with Crippen LogP contribution in [0.1, 0.15) is 12.8 Å². The van der Waals surface area contributed by atoms with Gasteiger partial charge < -0.3 is 20.7 Å². The second-order valence-electron chi connectivity index (χ2n) is 5.30. The summed E-state index contributed by atoms with van der Waals surface area (Å²) in [5.41, 5.74) is 6.79. The molecule has 0 unspecified atom stereocenters. The van der Waals surface area contributed by atoms with E-state index in [1.54, 1.807) is 7.11 Å². The van der Waals surface area contributed by atoms with Crippen molar-refractivity contribution in [3.63, 3.8) is 0 Å². The summed E-state index contributed by atoms with van der Waals surface area (Å²) in [6.45, 7) is 3.10. The molecule has 0 amide bonds. The van der Waals surface area contributed by atoms with E-state index in [4.69, 9.17) is 10.5 Å². The highest BCUT2D eigenvalue weighted by molar-refractivity contribution is 5.93. The van der Waals surface area contributed by atoms with Crippen molar-refractivity contribution in [2.45, 2.75) is 12.8 Å². The number of guanidine groups is 1. The van der Waals surface area contributed by atoms with Gasteiger partial charge in [-0.3, -0.25) is 4.99 Å². The Labute approximate surface area is 120 Å². The first-order chi connectivity index (χ1) is 9.69. The van der Waals surface area contributed by atoms with Crippen molar-refractivity contribution in [3.05, 3.63) is 24.3 Å². The molecular formula is C15H24N4O. The molecule has 0 bridgehead atoms. The Hall–Kier alpha value is -1.75. The molecule has 0 spiro atoms. The lowest BCUT2D eigenvalue weighted by Gasteiger charge is -2.27. The van der Waals surface area contributed by atoms with Gasteiger partial charge in [-0.05, 0) is 51.0 Å². The number of ether oxygens (including phenoxy) is 1. The van der Waals surface area contributed by atoms with Crippen LogP contribution in [0, 0.1) is 5.92 Å². The Morgan fingerprint density at radius 2 is 2.10 bits per heavy atom. The number of nitrogens with zero attached hydrogens (tertiary/aromatic N) is 2.